The van der Waals surface area contributed by atoms with E-state index in [4.69, 9.17) is 5.73 Å². The normalized spacial score (nSPS) is 32.1. The molecule has 9 heteroatoms. The first kappa shape index (κ1) is 18.9. The monoisotopic (exact) mass is 393 g/mol. The van der Waals surface area contributed by atoms with E-state index in [1.165, 1.54) is 19.3 Å². The van der Waals surface area contributed by atoms with Crippen LogP contribution in [0.5, 0.6) is 0 Å². The van der Waals surface area contributed by atoms with Gasteiger partial charge in [0.2, 0.25) is 0 Å². The van der Waals surface area contributed by atoms with E-state index in [1.807, 2.05) is 0 Å². The van der Waals surface area contributed by atoms with Crippen molar-refractivity contribution in [3.8, 4) is 0 Å². The van der Waals surface area contributed by atoms with Gasteiger partial charge in [0.1, 0.15) is 11.6 Å². The maximum absolute atomic E-state index is 10.6. The second kappa shape index (κ2) is 7.20. The number of nitrogen functional groups attached to an aromatic ring is 1. The first-order valence-electron chi connectivity index (χ1n) is 9.63. The Morgan fingerprint density at radius 1 is 1.30 bits per heavy atom. The van der Waals surface area contributed by atoms with Gasteiger partial charge in [-0.3, -0.25) is 0 Å². The predicted octanol–water partition coefficient (Wildman–Crippen LogP) is 1.36. The lowest BCUT2D eigenvalue weighted by molar-refractivity contribution is -0.0300. The van der Waals surface area contributed by atoms with Gasteiger partial charge in [-0.1, -0.05) is 37.9 Å². The lowest BCUT2D eigenvalue weighted by Gasteiger charge is -2.23. The van der Waals surface area contributed by atoms with Crippen molar-refractivity contribution in [1.29, 1.82) is 0 Å². The first-order valence-corrected chi connectivity index (χ1v) is 10.6. The van der Waals surface area contributed by atoms with Crippen LogP contribution >= 0.6 is 11.8 Å². The van der Waals surface area contributed by atoms with Crippen molar-refractivity contribution in [2.24, 2.45) is 11.3 Å². The fourth-order valence-corrected chi connectivity index (χ4v) is 5.29. The highest BCUT2D eigenvalue weighted by Gasteiger charge is 2.71. The standard InChI is InChI=1S/C18H27N5O3S/c1-2-3-4-5-6-27-17-21-15(19)11-16(22-17)23(9-20-11)12-10-7-18(10,8-24)14(26)13(12)25/h9-10,12-14,24-26H,2-8H2,1H3,(H2,19,21,22)/t10-,12-,13?,14?,18+/m1/s1. The van der Waals surface area contributed by atoms with Crippen LogP contribution in [0.3, 0.4) is 0 Å². The summed E-state index contributed by atoms with van der Waals surface area (Å²) < 4.78 is 1.80. The summed E-state index contributed by atoms with van der Waals surface area (Å²) >= 11 is 1.58. The van der Waals surface area contributed by atoms with Gasteiger partial charge in [-0.05, 0) is 18.8 Å². The average Bonchev–Trinajstić information content (AvgIpc) is 3.17. The minimum Gasteiger partial charge on any atom is -0.396 e. The van der Waals surface area contributed by atoms with Gasteiger partial charge in [-0.25, -0.2) is 15.0 Å². The third-order valence-corrected chi connectivity index (χ3v) is 7.06. The second-order valence-electron chi connectivity index (χ2n) is 7.75. The Bertz CT molecular complexity index is 831. The smallest absolute Gasteiger partial charge is 0.191 e. The number of fused-ring (bicyclic) bond motifs is 2. The summed E-state index contributed by atoms with van der Waals surface area (Å²) in [7, 11) is 0. The molecule has 148 valence electrons. The highest BCUT2D eigenvalue weighted by atomic mass is 32.2. The van der Waals surface area contributed by atoms with Crippen LogP contribution in [0.1, 0.15) is 45.1 Å². The summed E-state index contributed by atoms with van der Waals surface area (Å²) in [6, 6.07) is -0.367. The van der Waals surface area contributed by atoms with E-state index in [0.717, 1.165) is 12.2 Å². The van der Waals surface area contributed by atoms with E-state index in [2.05, 4.69) is 21.9 Å². The third-order valence-electron chi connectivity index (χ3n) is 6.13. The van der Waals surface area contributed by atoms with Gasteiger partial charge in [0, 0.05) is 11.2 Å². The summed E-state index contributed by atoms with van der Waals surface area (Å²) in [6.07, 6.45) is 5.11. The molecule has 0 bridgehead atoms. The van der Waals surface area contributed by atoms with E-state index in [1.54, 1.807) is 22.7 Å². The number of nitrogens with zero attached hydrogens (tertiary/aromatic N) is 4. The molecule has 0 saturated heterocycles. The molecule has 2 fully saturated rings. The topological polar surface area (TPSA) is 130 Å². The maximum Gasteiger partial charge on any atom is 0.191 e. The van der Waals surface area contributed by atoms with Crippen molar-refractivity contribution in [1.82, 2.24) is 19.5 Å². The molecule has 0 radical (unpaired) electrons. The van der Waals surface area contributed by atoms with E-state index >= 15 is 0 Å². The van der Waals surface area contributed by atoms with Crippen molar-refractivity contribution in [3.63, 3.8) is 0 Å². The average molecular weight is 394 g/mol. The summed E-state index contributed by atoms with van der Waals surface area (Å²) in [6.45, 7) is 2.06. The van der Waals surface area contributed by atoms with Crippen molar-refractivity contribution in [3.05, 3.63) is 6.33 Å². The van der Waals surface area contributed by atoms with Crippen molar-refractivity contribution in [2.75, 3.05) is 18.1 Å². The summed E-state index contributed by atoms with van der Waals surface area (Å²) in [5, 5.41) is 31.2. The van der Waals surface area contributed by atoms with Crippen LogP contribution in [0.15, 0.2) is 11.5 Å². The summed E-state index contributed by atoms with van der Waals surface area (Å²) in [5.41, 5.74) is 6.57. The molecule has 0 spiro atoms. The molecule has 5 N–H and O–H groups in total. The zero-order valence-electron chi connectivity index (χ0n) is 15.5. The molecule has 2 unspecified atom stereocenters. The summed E-state index contributed by atoms with van der Waals surface area (Å²) in [5.74, 6) is 1.26. The number of hydrogen-bond acceptors (Lipinski definition) is 8. The van der Waals surface area contributed by atoms with Gasteiger partial charge < -0.3 is 25.6 Å². The zero-order valence-corrected chi connectivity index (χ0v) is 16.3. The van der Waals surface area contributed by atoms with E-state index in [-0.39, 0.29) is 18.6 Å². The van der Waals surface area contributed by atoms with Crippen LogP contribution in [0, 0.1) is 11.3 Å². The molecule has 4 rings (SSSR count). The molecule has 2 aliphatic carbocycles. The lowest BCUT2D eigenvalue weighted by atomic mass is 10.0. The number of aromatic nitrogens is 4. The van der Waals surface area contributed by atoms with Gasteiger partial charge in [-0.2, -0.15) is 0 Å². The van der Waals surface area contributed by atoms with E-state index < -0.39 is 17.6 Å². The summed E-state index contributed by atoms with van der Waals surface area (Å²) in [4.78, 5) is 13.3. The SMILES string of the molecule is CCCCCCSc1nc(N)c2ncn([C@H]3C(O)C(O)[C@]4(CO)C[C@H]34)c2n1. The first-order chi connectivity index (χ1) is 13.0. The number of unbranched alkanes of at least 4 members (excludes halogenated alkanes) is 3. The zero-order chi connectivity index (χ0) is 19.2. The van der Waals surface area contributed by atoms with Gasteiger partial charge in [0.25, 0.3) is 0 Å². The Labute approximate surface area is 162 Å². The minimum absolute atomic E-state index is 0.00577. The molecule has 2 aromatic heterocycles. The number of aliphatic hydroxyl groups excluding tert-OH is 3. The molecular weight excluding hydrogens is 366 g/mol. The van der Waals surface area contributed by atoms with Crippen LogP contribution in [0.4, 0.5) is 5.82 Å². The van der Waals surface area contributed by atoms with Gasteiger partial charge in [-0.15, -0.1) is 0 Å². The molecule has 2 aliphatic rings. The molecule has 27 heavy (non-hydrogen) atoms. The third kappa shape index (κ3) is 3.00. The minimum atomic E-state index is -0.963. The number of thioether (sulfide) groups is 1. The molecule has 8 nitrogen and oxygen atoms in total. The van der Waals surface area contributed by atoms with E-state index in [0.29, 0.717) is 28.6 Å². The molecule has 0 aliphatic heterocycles. The molecule has 2 saturated carbocycles. The van der Waals surface area contributed by atoms with Crippen LogP contribution in [0.25, 0.3) is 11.2 Å². The lowest BCUT2D eigenvalue weighted by Crippen LogP contribution is -2.35. The Morgan fingerprint density at radius 3 is 2.81 bits per heavy atom. The fraction of sp³-hybridized carbons (Fsp3) is 0.722. The second-order valence-corrected chi connectivity index (χ2v) is 8.81. The Morgan fingerprint density at radius 2 is 2.11 bits per heavy atom. The number of anilines is 1. The molecule has 0 aromatic carbocycles. The van der Waals surface area contributed by atoms with Gasteiger partial charge >= 0.3 is 0 Å². The van der Waals surface area contributed by atoms with Crippen molar-refractivity contribution in [2.45, 2.75) is 62.4 Å². The number of rotatable bonds is 8. The number of nitrogens with two attached hydrogens (primary N) is 1. The molecule has 5 atom stereocenters. The highest BCUT2D eigenvalue weighted by Crippen LogP contribution is 2.67. The van der Waals surface area contributed by atoms with Crippen LogP contribution < -0.4 is 5.73 Å². The van der Waals surface area contributed by atoms with E-state index in [9.17, 15) is 15.3 Å². The molecule has 2 aromatic rings. The van der Waals surface area contributed by atoms with Crippen LogP contribution in [-0.4, -0.2) is 59.4 Å². The number of hydrogen-bond donors (Lipinski definition) is 4. The highest BCUT2D eigenvalue weighted by molar-refractivity contribution is 7.99. The van der Waals surface area contributed by atoms with Crippen LogP contribution in [-0.2, 0) is 0 Å². The molecule has 0 amide bonds. The Kier molecular flexibility index (Phi) is 5.04. The maximum atomic E-state index is 10.6. The largest absolute Gasteiger partial charge is 0.396 e. The Hall–Kier alpha value is -1.42. The number of aliphatic hydroxyl groups is 3. The molecular formula is C18H27N5O3S. The molecule has 2 heterocycles. The van der Waals surface area contributed by atoms with Crippen LogP contribution in [0.2, 0.25) is 0 Å². The Balaban J connectivity index is 1.59. The van der Waals surface area contributed by atoms with Crippen molar-refractivity contribution >= 4 is 28.7 Å². The van der Waals surface area contributed by atoms with Gasteiger partial charge in [0.15, 0.2) is 16.6 Å². The predicted molar refractivity (Wildman–Crippen MR) is 103 cm³/mol. The quantitative estimate of drug-likeness (QED) is 0.300. The fourth-order valence-electron chi connectivity index (χ4n) is 4.44. The van der Waals surface area contributed by atoms with Crippen molar-refractivity contribution < 1.29 is 15.3 Å². The van der Waals surface area contributed by atoms with Gasteiger partial charge in [0.05, 0.1) is 25.1 Å². The number of imidazole rings is 1.